The molecule has 0 unspecified atom stereocenters. The molecular formula is C14H21BrN2. The maximum absolute atomic E-state index is 5.77. The van der Waals surface area contributed by atoms with Gasteiger partial charge in [0.15, 0.2) is 0 Å². The highest BCUT2D eigenvalue weighted by Gasteiger charge is 2.27. The second-order valence-corrected chi connectivity index (χ2v) is 6.33. The molecular weight excluding hydrogens is 276 g/mol. The predicted octanol–water partition coefficient (Wildman–Crippen LogP) is 3.70. The van der Waals surface area contributed by atoms with E-state index in [9.17, 15) is 0 Å². The normalized spacial score (nSPS) is 18.5. The third kappa shape index (κ3) is 3.46. The smallest absolute Gasteiger partial charge is 0.0458 e. The fourth-order valence-corrected chi connectivity index (χ4v) is 3.02. The van der Waals surface area contributed by atoms with E-state index in [0.29, 0.717) is 5.41 Å². The standard InChI is InChI=1S/C14H21BrN2/c1-14(6-2-3-7-14)10-17-9-11-4-5-13(16)12(15)8-11/h4-5,8,17H,2-3,6-7,9-10,16H2,1H3. The summed E-state index contributed by atoms with van der Waals surface area (Å²) in [5.74, 6) is 0. The van der Waals surface area contributed by atoms with Gasteiger partial charge in [0, 0.05) is 23.2 Å². The van der Waals surface area contributed by atoms with Crippen LogP contribution in [0.1, 0.15) is 38.2 Å². The number of benzene rings is 1. The van der Waals surface area contributed by atoms with Crippen LogP contribution in [-0.4, -0.2) is 6.54 Å². The topological polar surface area (TPSA) is 38.0 Å². The summed E-state index contributed by atoms with van der Waals surface area (Å²) in [5, 5.41) is 3.57. The Labute approximate surface area is 112 Å². The second-order valence-electron chi connectivity index (χ2n) is 5.48. The molecule has 2 rings (SSSR count). The van der Waals surface area contributed by atoms with Crippen molar-refractivity contribution in [2.24, 2.45) is 5.41 Å². The van der Waals surface area contributed by atoms with E-state index in [0.717, 1.165) is 23.2 Å². The Kier molecular flexibility index (Phi) is 4.10. The molecule has 0 atom stereocenters. The van der Waals surface area contributed by atoms with Crippen molar-refractivity contribution in [3.8, 4) is 0 Å². The average molecular weight is 297 g/mol. The first-order valence-corrected chi connectivity index (χ1v) is 7.13. The van der Waals surface area contributed by atoms with E-state index >= 15 is 0 Å². The number of hydrogen-bond acceptors (Lipinski definition) is 2. The van der Waals surface area contributed by atoms with Crippen LogP contribution in [-0.2, 0) is 6.54 Å². The van der Waals surface area contributed by atoms with E-state index < -0.39 is 0 Å². The van der Waals surface area contributed by atoms with Gasteiger partial charge in [-0.3, -0.25) is 0 Å². The summed E-state index contributed by atoms with van der Waals surface area (Å²) in [5.41, 5.74) is 8.38. The number of nitrogen functional groups attached to an aromatic ring is 1. The zero-order chi connectivity index (χ0) is 12.3. The molecule has 0 heterocycles. The van der Waals surface area contributed by atoms with Crippen molar-refractivity contribution in [2.45, 2.75) is 39.2 Å². The SMILES string of the molecule is CC1(CNCc2ccc(N)c(Br)c2)CCCC1. The molecule has 0 aromatic heterocycles. The van der Waals surface area contributed by atoms with Gasteiger partial charge >= 0.3 is 0 Å². The monoisotopic (exact) mass is 296 g/mol. The number of nitrogens with two attached hydrogens (primary N) is 1. The summed E-state index contributed by atoms with van der Waals surface area (Å²) < 4.78 is 0.990. The molecule has 1 aromatic carbocycles. The van der Waals surface area contributed by atoms with Crippen molar-refractivity contribution in [1.82, 2.24) is 5.32 Å². The molecule has 17 heavy (non-hydrogen) atoms. The molecule has 0 radical (unpaired) electrons. The van der Waals surface area contributed by atoms with Crippen LogP contribution in [0.3, 0.4) is 0 Å². The lowest BCUT2D eigenvalue weighted by Crippen LogP contribution is -2.29. The molecule has 0 bridgehead atoms. The first kappa shape index (κ1) is 12.9. The minimum atomic E-state index is 0.519. The van der Waals surface area contributed by atoms with Gasteiger partial charge in [-0.15, -0.1) is 0 Å². The van der Waals surface area contributed by atoms with E-state index in [-0.39, 0.29) is 0 Å². The summed E-state index contributed by atoms with van der Waals surface area (Å²) in [6.07, 6.45) is 5.52. The fourth-order valence-electron chi connectivity index (χ4n) is 2.59. The third-order valence-corrected chi connectivity index (χ3v) is 4.44. The van der Waals surface area contributed by atoms with Crippen LogP contribution in [0.25, 0.3) is 0 Å². The van der Waals surface area contributed by atoms with Crippen molar-refractivity contribution in [2.75, 3.05) is 12.3 Å². The van der Waals surface area contributed by atoms with E-state index in [1.54, 1.807) is 0 Å². The lowest BCUT2D eigenvalue weighted by molar-refractivity contribution is 0.314. The van der Waals surface area contributed by atoms with Crippen molar-refractivity contribution >= 4 is 21.6 Å². The van der Waals surface area contributed by atoms with Gasteiger partial charge in [0.2, 0.25) is 0 Å². The number of nitrogens with one attached hydrogen (secondary N) is 1. The first-order chi connectivity index (χ1) is 8.09. The Morgan fingerprint density at radius 1 is 1.35 bits per heavy atom. The molecule has 1 fully saturated rings. The third-order valence-electron chi connectivity index (χ3n) is 3.76. The van der Waals surface area contributed by atoms with Gasteiger partial charge in [-0.1, -0.05) is 25.8 Å². The lowest BCUT2D eigenvalue weighted by atomic mass is 9.89. The predicted molar refractivity (Wildman–Crippen MR) is 76.8 cm³/mol. The number of hydrogen-bond donors (Lipinski definition) is 2. The van der Waals surface area contributed by atoms with Crippen LogP contribution in [0, 0.1) is 5.41 Å². The van der Waals surface area contributed by atoms with Crippen LogP contribution in [0.4, 0.5) is 5.69 Å². The summed E-state index contributed by atoms with van der Waals surface area (Å²) in [6.45, 7) is 4.44. The molecule has 94 valence electrons. The maximum atomic E-state index is 5.77. The Morgan fingerprint density at radius 2 is 2.06 bits per heavy atom. The van der Waals surface area contributed by atoms with Crippen LogP contribution in [0.15, 0.2) is 22.7 Å². The van der Waals surface area contributed by atoms with Gasteiger partial charge in [-0.25, -0.2) is 0 Å². The number of halogens is 1. The highest BCUT2D eigenvalue weighted by Crippen LogP contribution is 2.36. The Hall–Kier alpha value is -0.540. The summed E-state index contributed by atoms with van der Waals surface area (Å²) in [7, 11) is 0. The zero-order valence-corrected chi connectivity index (χ0v) is 12.0. The first-order valence-electron chi connectivity index (χ1n) is 6.34. The maximum Gasteiger partial charge on any atom is 0.0458 e. The molecule has 1 saturated carbocycles. The molecule has 1 aliphatic rings. The molecule has 0 amide bonds. The lowest BCUT2D eigenvalue weighted by Gasteiger charge is -2.23. The van der Waals surface area contributed by atoms with Gasteiger partial charge in [0.05, 0.1) is 0 Å². The second kappa shape index (κ2) is 5.40. The van der Waals surface area contributed by atoms with Crippen LogP contribution >= 0.6 is 15.9 Å². The van der Waals surface area contributed by atoms with Gasteiger partial charge in [-0.2, -0.15) is 0 Å². The van der Waals surface area contributed by atoms with E-state index in [1.165, 1.54) is 31.2 Å². The van der Waals surface area contributed by atoms with Gasteiger partial charge in [0.25, 0.3) is 0 Å². The van der Waals surface area contributed by atoms with Crippen molar-refractivity contribution < 1.29 is 0 Å². The zero-order valence-electron chi connectivity index (χ0n) is 10.4. The van der Waals surface area contributed by atoms with Gasteiger partial charge in [0.1, 0.15) is 0 Å². The van der Waals surface area contributed by atoms with Crippen LogP contribution in [0.2, 0.25) is 0 Å². The minimum Gasteiger partial charge on any atom is -0.398 e. The molecule has 0 spiro atoms. The Morgan fingerprint density at radius 3 is 2.71 bits per heavy atom. The molecule has 0 saturated heterocycles. The highest BCUT2D eigenvalue weighted by molar-refractivity contribution is 9.10. The van der Waals surface area contributed by atoms with Crippen molar-refractivity contribution in [3.05, 3.63) is 28.2 Å². The largest absolute Gasteiger partial charge is 0.398 e. The van der Waals surface area contributed by atoms with Crippen LogP contribution < -0.4 is 11.1 Å². The average Bonchev–Trinajstić information content (AvgIpc) is 2.71. The Balaban J connectivity index is 1.83. The highest BCUT2D eigenvalue weighted by atomic mass is 79.9. The fraction of sp³-hybridized carbons (Fsp3) is 0.571. The molecule has 2 nitrogen and oxygen atoms in total. The summed E-state index contributed by atoms with van der Waals surface area (Å²) >= 11 is 3.46. The van der Waals surface area contributed by atoms with Gasteiger partial charge in [-0.05, 0) is 51.9 Å². The van der Waals surface area contributed by atoms with Gasteiger partial charge < -0.3 is 11.1 Å². The Bertz CT molecular complexity index is 384. The summed E-state index contributed by atoms with van der Waals surface area (Å²) in [4.78, 5) is 0. The molecule has 1 aliphatic carbocycles. The summed E-state index contributed by atoms with van der Waals surface area (Å²) in [6, 6.07) is 6.14. The minimum absolute atomic E-state index is 0.519. The van der Waals surface area contributed by atoms with Crippen LogP contribution in [0.5, 0.6) is 0 Å². The van der Waals surface area contributed by atoms with Crippen molar-refractivity contribution in [1.29, 1.82) is 0 Å². The molecule has 0 aliphatic heterocycles. The molecule has 1 aromatic rings. The quantitative estimate of drug-likeness (QED) is 0.832. The number of rotatable bonds is 4. The molecule has 3 heteroatoms. The number of anilines is 1. The van der Waals surface area contributed by atoms with E-state index in [2.05, 4.69) is 40.3 Å². The van der Waals surface area contributed by atoms with Crippen molar-refractivity contribution in [3.63, 3.8) is 0 Å². The molecule has 3 N–H and O–H groups in total. The van der Waals surface area contributed by atoms with E-state index in [1.807, 2.05) is 6.07 Å². The van der Waals surface area contributed by atoms with E-state index in [4.69, 9.17) is 5.73 Å².